The maximum Gasteiger partial charge on any atom is 0.119 e. The first-order valence-corrected chi connectivity index (χ1v) is 9.09. The third-order valence-corrected chi connectivity index (χ3v) is 4.21. The SMILES string of the molecule is O[C@H](CCl)COc1ccc(Cc2ccc(OC[C@H](O)CCl)cc2)cc1. The number of benzene rings is 2. The lowest BCUT2D eigenvalue weighted by Crippen LogP contribution is -2.18. The van der Waals surface area contributed by atoms with Crippen LogP contribution < -0.4 is 9.47 Å². The van der Waals surface area contributed by atoms with Gasteiger partial charge in [-0.3, -0.25) is 0 Å². The summed E-state index contributed by atoms with van der Waals surface area (Å²) in [7, 11) is 0. The number of hydrogen-bond acceptors (Lipinski definition) is 4. The fraction of sp³-hybridized carbons (Fsp3) is 0.368. The van der Waals surface area contributed by atoms with Crippen molar-refractivity contribution in [1.29, 1.82) is 0 Å². The number of rotatable bonds is 10. The summed E-state index contributed by atoms with van der Waals surface area (Å²) in [5.74, 6) is 1.72. The molecule has 0 aliphatic carbocycles. The molecule has 0 amide bonds. The van der Waals surface area contributed by atoms with Crippen molar-refractivity contribution in [3.63, 3.8) is 0 Å². The second-order valence-electron chi connectivity index (χ2n) is 5.70. The maximum atomic E-state index is 9.39. The van der Waals surface area contributed by atoms with Crippen molar-refractivity contribution in [2.75, 3.05) is 25.0 Å². The largest absolute Gasteiger partial charge is 0.491 e. The number of alkyl halides is 2. The summed E-state index contributed by atoms with van der Waals surface area (Å²) in [5.41, 5.74) is 2.30. The molecule has 0 saturated carbocycles. The topological polar surface area (TPSA) is 58.9 Å². The summed E-state index contributed by atoms with van der Waals surface area (Å²) in [4.78, 5) is 0. The zero-order valence-electron chi connectivity index (χ0n) is 13.8. The highest BCUT2D eigenvalue weighted by Crippen LogP contribution is 2.18. The standard InChI is InChI=1S/C19H22Cl2O4/c20-10-16(22)12-24-18-5-1-14(2-6-18)9-15-3-7-19(8-4-15)25-13-17(23)11-21/h1-8,16-17,22-23H,9-13H2/t16-,17-/m1/s1. The van der Waals surface area contributed by atoms with Crippen molar-refractivity contribution in [2.45, 2.75) is 18.6 Å². The number of halogens is 2. The first-order chi connectivity index (χ1) is 12.1. The highest BCUT2D eigenvalue weighted by Gasteiger charge is 2.05. The molecular weight excluding hydrogens is 363 g/mol. The van der Waals surface area contributed by atoms with Gasteiger partial charge in [-0.15, -0.1) is 23.2 Å². The molecule has 0 fully saturated rings. The molecular formula is C19H22Cl2O4. The van der Waals surface area contributed by atoms with Crippen LogP contribution in [-0.4, -0.2) is 47.4 Å². The number of hydrogen-bond donors (Lipinski definition) is 2. The van der Waals surface area contributed by atoms with Crippen molar-refractivity contribution in [3.05, 3.63) is 59.7 Å². The lowest BCUT2D eigenvalue weighted by Gasteiger charge is -2.11. The van der Waals surface area contributed by atoms with E-state index in [4.69, 9.17) is 32.7 Å². The molecule has 0 saturated heterocycles. The monoisotopic (exact) mass is 384 g/mol. The van der Waals surface area contributed by atoms with Crippen LogP contribution in [0, 0.1) is 0 Å². The minimum atomic E-state index is -0.660. The van der Waals surface area contributed by atoms with Gasteiger partial charge in [0.25, 0.3) is 0 Å². The Morgan fingerprint density at radius 2 is 1.04 bits per heavy atom. The molecule has 0 heterocycles. The normalized spacial score (nSPS) is 13.3. The van der Waals surface area contributed by atoms with Gasteiger partial charge in [0.1, 0.15) is 36.9 Å². The van der Waals surface area contributed by atoms with E-state index in [0.29, 0.717) is 11.5 Å². The van der Waals surface area contributed by atoms with E-state index < -0.39 is 12.2 Å². The summed E-state index contributed by atoms with van der Waals surface area (Å²) >= 11 is 11.1. The molecule has 2 aromatic rings. The number of aliphatic hydroxyl groups is 2. The van der Waals surface area contributed by atoms with Crippen LogP contribution in [0.3, 0.4) is 0 Å². The van der Waals surface area contributed by atoms with Crippen LogP contribution in [0.1, 0.15) is 11.1 Å². The average Bonchev–Trinajstić information content (AvgIpc) is 2.66. The van der Waals surface area contributed by atoms with Crippen molar-refractivity contribution in [2.24, 2.45) is 0 Å². The van der Waals surface area contributed by atoms with Crippen molar-refractivity contribution in [1.82, 2.24) is 0 Å². The molecule has 6 heteroatoms. The maximum absolute atomic E-state index is 9.39. The van der Waals surface area contributed by atoms with E-state index in [9.17, 15) is 10.2 Å². The Labute approximate surface area is 157 Å². The Hall–Kier alpha value is -1.46. The summed E-state index contributed by atoms with van der Waals surface area (Å²) in [5, 5.41) is 18.8. The van der Waals surface area contributed by atoms with E-state index in [1.807, 2.05) is 48.5 Å². The summed E-state index contributed by atoms with van der Waals surface area (Å²) in [6, 6.07) is 15.5. The van der Waals surface area contributed by atoms with Crippen molar-refractivity contribution >= 4 is 23.2 Å². The molecule has 25 heavy (non-hydrogen) atoms. The van der Waals surface area contributed by atoms with Gasteiger partial charge in [0.2, 0.25) is 0 Å². The second kappa shape index (κ2) is 10.5. The molecule has 0 aromatic heterocycles. The third kappa shape index (κ3) is 7.12. The molecule has 136 valence electrons. The predicted molar refractivity (Wildman–Crippen MR) is 100 cm³/mol. The van der Waals surface area contributed by atoms with Gasteiger partial charge in [-0.1, -0.05) is 24.3 Å². The van der Waals surface area contributed by atoms with Crippen LogP contribution in [0.2, 0.25) is 0 Å². The van der Waals surface area contributed by atoms with E-state index >= 15 is 0 Å². The van der Waals surface area contributed by atoms with Gasteiger partial charge in [-0.05, 0) is 41.8 Å². The highest BCUT2D eigenvalue weighted by atomic mass is 35.5. The van der Waals surface area contributed by atoms with Crippen LogP contribution in [-0.2, 0) is 6.42 Å². The van der Waals surface area contributed by atoms with Crippen molar-refractivity contribution < 1.29 is 19.7 Å². The molecule has 0 unspecified atom stereocenters. The fourth-order valence-corrected chi connectivity index (χ4v) is 2.29. The van der Waals surface area contributed by atoms with Crippen molar-refractivity contribution in [3.8, 4) is 11.5 Å². The second-order valence-corrected chi connectivity index (χ2v) is 6.32. The average molecular weight is 385 g/mol. The third-order valence-electron chi connectivity index (χ3n) is 3.50. The number of ether oxygens (including phenoxy) is 2. The molecule has 2 atom stereocenters. The van der Waals surface area contributed by atoms with Gasteiger partial charge in [-0.25, -0.2) is 0 Å². The minimum Gasteiger partial charge on any atom is -0.491 e. The Bertz CT molecular complexity index is 561. The number of aliphatic hydroxyl groups excluding tert-OH is 2. The zero-order valence-corrected chi connectivity index (χ0v) is 15.3. The van der Waals surface area contributed by atoms with Crippen LogP contribution in [0.5, 0.6) is 11.5 Å². The molecule has 0 aliphatic heterocycles. The minimum absolute atomic E-state index is 0.155. The molecule has 4 nitrogen and oxygen atoms in total. The summed E-state index contributed by atoms with van der Waals surface area (Å²) < 4.78 is 10.9. The van der Waals surface area contributed by atoms with Crippen LogP contribution in [0.25, 0.3) is 0 Å². The predicted octanol–water partition coefficient (Wildman–Crippen LogP) is 3.23. The van der Waals surface area contributed by atoms with E-state index in [1.165, 1.54) is 0 Å². The Balaban J connectivity index is 1.85. The lowest BCUT2D eigenvalue weighted by atomic mass is 10.0. The Kier molecular flexibility index (Phi) is 8.35. The lowest BCUT2D eigenvalue weighted by molar-refractivity contribution is 0.125. The highest BCUT2D eigenvalue weighted by molar-refractivity contribution is 6.18. The van der Waals surface area contributed by atoms with E-state index in [-0.39, 0.29) is 25.0 Å². The first-order valence-electron chi connectivity index (χ1n) is 8.02. The molecule has 2 rings (SSSR count). The molecule has 0 aliphatic rings. The Morgan fingerprint density at radius 1 is 0.680 bits per heavy atom. The van der Waals surface area contributed by atoms with Crippen LogP contribution in [0.15, 0.2) is 48.5 Å². The smallest absolute Gasteiger partial charge is 0.119 e. The molecule has 0 spiro atoms. The molecule has 0 bridgehead atoms. The van der Waals surface area contributed by atoms with Gasteiger partial charge in [-0.2, -0.15) is 0 Å². The van der Waals surface area contributed by atoms with E-state index in [1.54, 1.807) is 0 Å². The van der Waals surface area contributed by atoms with E-state index in [2.05, 4.69) is 0 Å². The molecule has 2 aromatic carbocycles. The molecule has 2 N–H and O–H groups in total. The van der Waals surface area contributed by atoms with Gasteiger partial charge < -0.3 is 19.7 Å². The zero-order chi connectivity index (χ0) is 18.1. The summed E-state index contributed by atoms with van der Waals surface area (Å²) in [6.07, 6.45) is -0.532. The van der Waals surface area contributed by atoms with Crippen LogP contribution in [0.4, 0.5) is 0 Å². The molecule has 0 radical (unpaired) electrons. The fourth-order valence-electron chi connectivity index (χ4n) is 2.12. The van der Waals surface area contributed by atoms with Gasteiger partial charge in [0, 0.05) is 0 Å². The van der Waals surface area contributed by atoms with E-state index in [0.717, 1.165) is 17.5 Å². The van der Waals surface area contributed by atoms with Crippen LogP contribution >= 0.6 is 23.2 Å². The first kappa shape index (κ1) is 19.9. The Morgan fingerprint density at radius 3 is 1.36 bits per heavy atom. The van der Waals surface area contributed by atoms with Gasteiger partial charge in [0.15, 0.2) is 0 Å². The summed E-state index contributed by atoms with van der Waals surface area (Å²) in [6.45, 7) is 0.367. The van der Waals surface area contributed by atoms with Gasteiger partial charge in [0.05, 0.1) is 11.8 Å². The quantitative estimate of drug-likeness (QED) is 0.617. The van der Waals surface area contributed by atoms with Gasteiger partial charge >= 0.3 is 0 Å².